The second kappa shape index (κ2) is 12.9. The van der Waals surface area contributed by atoms with Crippen LogP contribution in [-0.2, 0) is 4.79 Å². The van der Waals surface area contributed by atoms with E-state index in [1.54, 1.807) is 18.2 Å². The number of likely N-dealkylation sites (N-methyl/N-ethyl adjacent to an activating group) is 1. The highest BCUT2D eigenvalue weighted by Crippen LogP contribution is 2.35. The molecule has 2 N–H and O–H groups in total. The number of aromatic nitrogens is 1. The lowest BCUT2D eigenvalue weighted by atomic mass is 10.1. The summed E-state index contributed by atoms with van der Waals surface area (Å²) in [5.41, 5.74) is 2.58. The fraction of sp³-hybridized carbons (Fsp3) is 0.138. The van der Waals surface area contributed by atoms with Gasteiger partial charge in [-0.05, 0) is 43.3 Å². The van der Waals surface area contributed by atoms with Gasteiger partial charge in [-0.25, -0.2) is 4.98 Å². The first-order valence-electron chi connectivity index (χ1n) is 12.1. The highest BCUT2D eigenvalue weighted by molar-refractivity contribution is 7.16. The van der Waals surface area contributed by atoms with Crippen LogP contribution in [0.3, 0.4) is 0 Å². The minimum absolute atomic E-state index is 0.0403. The Morgan fingerprint density at radius 3 is 2.42 bits per heavy atom. The highest BCUT2D eigenvalue weighted by atomic mass is 32.1. The van der Waals surface area contributed by atoms with Crippen molar-refractivity contribution >= 4 is 39.8 Å². The van der Waals surface area contributed by atoms with Gasteiger partial charge in [0.1, 0.15) is 18.2 Å². The molecule has 0 saturated heterocycles. The first-order valence-corrected chi connectivity index (χ1v) is 13.0. The molecule has 1 aliphatic rings. The van der Waals surface area contributed by atoms with E-state index in [0.717, 1.165) is 17.8 Å². The summed E-state index contributed by atoms with van der Waals surface area (Å²) in [6, 6.07) is 22.3. The fourth-order valence-electron chi connectivity index (χ4n) is 3.95. The van der Waals surface area contributed by atoms with Crippen LogP contribution in [0.5, 0.6) is 0 Å². The number of nitriles is 3. The molecule has 1 aliphatic heterocycles. The maximum Gasteiger partial charge on any atom is 0.257 e. The fourth-order valence-corrected chi connectivity index (χ4v) is 4.76. The van der Waals surface area contributed by atoms with Crippen LogP contribution in [0.25, 0.3) is 17.3 Å². The predicted octanol–water partition coefficient (Wildman–Crippen LogP) is 5.31. The molecule has 0 spiro atoms. The van der Waals surface area contributed by atoms with Crippen molar-refractivity contribution in [2.24, 2.45) is 10.2 Å². The minimum atomic E-state index is -0.583. The van der Waals surface area contributed by atoms with E-state index in [1.165, 1.54) is 17.4 Å². The van der Waals surface area contributed by atoms with Crippen LogP contribution in [0.15, 0.2) is 93.3 Å². The van der Waals surface area contributed by atoms with Crippen LogP contribution in [0.4, 0.5) is 16.5 Å². The van der Waals surface area contributed by atoms with E-state index in [0.29, 0.717) is 27.9 Å². The number of allylic oxidation sites excluding steroid dienone is 2. The number of benzene rings is 2. The Hall–Kier alpha value is -5.41. The van der Waals surface area contributed by atoms with Gasteiger partial charge in [-0.3, -0.25) is 4.79 Å². The number of rotatable bonds is 9. The van der Waals surface area contributed by atoms with Gasteiger partial charge in [0, 0.05) is 24.3 Å². The average molecular weight is 547 g/mol. The molecular weight excluding hydrogens is 524 g/mol. The number of hydrogen-bond acceptors (Lipinski definition) is 10. The van der Waals surface area contributed by atoms with E-state index in [-0.39, 0.29) is 29.0 Å². The number of hydrogen-bond donors (Lipinski definition) is 2. The molecule has 0 saturated carbocycles. The number of aliphatic hydroxyl groups is 1. The smallest absolute Gasteiger partial charge is 0.257 e. The summed E-state index contributed by atoms with van der Waals surface area (Å²) in [6.07, 6.45) is 3.13. The summed E-state index contributed by atoms with van der Waals surface area (Å²) in [5, 5.41) is 48.7. The summed E-state index contributed by atoms with van der Waals surface area (Å²) in [7, 11) is 0. The van der Waals surface area contributed by atoms with E-state index < -0.39 is 5.91 Å². The van der Waals surface area contributed by atoms with Crippen LogP contribution in [0.2, 0.25) is 0 Å². The molecule has 1 aromatic heterocycles. The van der Waals surface area contributed by atoms with Crippen LogP contribution < -0.4 is 10.2 Å². The normalized spacial score (nSPS) is 12.9. The number of carbonyl (C=O) groups excluding carboxylic acids is 1. The summed E-state index contributed by atoms with van der Waals surface area (Å²) in [5.74, 6) is -0.583. The third-order valence-corrected chi connectivity index (χ3v) is 6.80. The molecule has 1 amide bonds. The van der Waals surface area contributed by atoms with Gasteiger partial charge in [-0.2, -0.15) is 15.8 Å². The number of aliphatic hydroxyl groups excluding tert-OH is 1. The first kappa shape index (κ1) is 27.6. The molecule has 2 heterocycles. The van der Waals surface area contributed by atoms with Gasteiger partial charge >= 0.3 is 0 Å². The Kier molecular flexibility index (Phi) is 8.91. The van der Waals surface area contributed by atoms with Crippen molar-refractivity contribution in [2.45, 2.75) is 6.92 Å². The number of thiazole rings is 1. The third-order valence-electron chi connectivity index (χ3n) is 5.90. The van der Waals surface area contributed by atoms with Crippen molar-refractivity contribution in [2.75, 3.05) is 24.6 Å². The molecule has 2 aromatic carbocycles. The van der Waals surface area contributed by atoms with E-state index in [1.807, 2.05) is 72.5 Å². The monoisotopic (exact) mass is 546 g/mol. The van der Waals surface area contributed by atoms with Crippen LogP contribution in [0, 0.1) is 34.0 Å². The maximum atomic E-state index is 12.6. The molecular formula is C29H22N8O2S. The molecule has 40 heavy (non-hydrogen) atoms. The lowest BCUT2D eigenvalue weighted by molar-refractivity contribution is -0.115. The van der Waals surface area contributed by atoms with Crippen molar-refractivity contribution in [3.05, 3.63) is 88.0 Å². The lowest BCUT2D eigenvalue weighted by Gasteiger charge is -2.21. The molecule has 196 valence electrons. The summed E-state index contributed by atoms with van der Waals surface area (Å²) in [6.45, 7) is 3.39. The maximum absolute atomic E-state index is 12.6. The summed E-state index contributed by atoms with van der Waals surface area (Å²) in [4.78, 5) is 19.9. The van der Waals surface area contributed by atoms with Crippen LogP contribution >= 0.6 is 11.3 Å². The Bertz CT molecular complexity index is 1650. The summed E-state index contributed by atoms with van der Waals surface area (Å²) >= 11 is 1.25. The molecule has 0 unspecified atom stereocenters. The van der Waals surface area contributed by atoms with Gasteiger partial charge < -0.3 is 15.3 Å². The number of azo groups is 1. The number of amides is 1. The predicted molar refractivity (Wildman–Crippen MR) is 151 cm³/mol. The quantitative estimate of drug-likeness (QED) is 0.271. The molecule has 0 radical (unpaired) electrons. The van der Waals surface area contributed by atoms with Crippen molar-refractivity contribution in [3.63, 3.8) is 0 Å². The van der Waals surface area contributed by atoms with Crippen LogP contribution in [0.1, 0.15) is 11.8 Å². The molecule has 4 rings (SSSR count). The van der Waals surface area contributed by atoms with Gasteiger partial charge in [-0.15, -0.1) is 10.2 Å². The number of nitrogens with one attached hydrogen (secondary N) is 1. The zero-order valence-electron chi connectivity index (χ0n) is 21.4. The SMILES string of the molecule is CCN(CCO)c1ccc(/N=N/c2nc(-c3ccccc3)c(/C=C/C3=C(C#N)C(=C(C#N)C#N)NC3=O)s2)cc1. The second-order valence-corrected chi connectivity index (χ2v) is 9.27. The summed E-state index contributed by atoms with van der Waals surface area (Å²) < 4.78 is 0. The Balaban J connectivity index is 1.68. The Morgan fingerprint density at radius 1 is 1.07 bits per heavy atom. The number of carbonyl (C=O) groups is 1. The number of anilines is 1. The zero-order valence-corrected chi connectivity index (χ0v) is 22.2. The zero-order chi connectivity index (χ0) is 28.5. The van der Waals surface area contributed by atoms with Crippen molar-refractivity contribution in [1.82, 2.24) is 10.3 Å². The molecule has 11 heteroatoms. The largest absolute Gasteiger partial charge is 0.395 e. The van der Waals surface area contributed by atoms with E-state index >= 15 is 0 Å². The second-order valence-electron chi connectivity index (χ2n) is 8.26. The molecule has 3 aromatic rings. The molecule has 10 nitrogen and oxygen atoms in total. The Labute approximate surface area is 234 Å². The molecule has 0 bridgehead atoms. The molecule has 0 aliphatic carbocycles. The Morgan fingerprint density at radius 2 is 1.80 bits per heavy atom. The highest BCUT2D eigenvalue weighted by Gasteiger charge is 2.28. The van der Waals surface area contributed by atoms with Crippen molar-refractivity contribution in [1.29, 1.82) is 15.8 Å². The van der Waals surface area contributed by atoms with Crippen molar-refractivity contribution < 1.29 is 9.90 Å². The third kappa shape index (κ3) is 6.01. The van der Waals surface area contributed by atoms with Gasteiger partial charge in [0.2, 0.25) is 5.13 Å². The minimum Gasteiger partial charge on any atom is -0.395 e. The van der Waals surface area contributed by atoms with Gasteiger partial charge in [0.25, 0.3) is 5.91 Å². The number of nitrogens with zero attached hydrogens (tertiary/aromatic N) is 7. The van der Waals surface area contributed by atoms with E-state index in [9.17, 15) is 25.7 Å². The van der Waals surface area contributed by atoms with Gasteiger partial charge in [0.15, 0.2) is 5.57 Å². The first-order chi connectivity index (χ1) is 19.5. The van der Waals surface area contributed by atoms with Crippen molar-refractivity contribution in [3.8, 4) is 29.5 Å². The van der Waals surface area contributed by atoms with E-state index in [4.69, 9.17) is 0 Å². The average Bonchev–Trinajstić information content (AvgIpc) is 3.55. The molecule has 0 fully saturated rings. The van der Waals surface area contributed by atoms with E-state index in [2.05, 4.69) is 20.5 Å². The molecule has 0 atom stereocenters. The van der Waals surface area contributed by atoms with Crippen LogP contribution in [-0.4, -0.2) is 35.7 Å². The van der Waals surface area contributed by atoms with Gasteiger partial charge in [0.05, 0.1) is 39.7 Å². The topological polar surface area (TPSA) is 162 Å². The lowest BCUT2D eigenvalue weighted by Crippen LogP contribution is -2.25. The standard InChI is InChI=1S/C29H22N8O2S/c1-2-37(14-15-38)22-10-8-21(9-11-22)35-36-29-34-27(19-6-4-3-5-7-19)25(40-29)13-12-23-24(18-32)26(33-28(23)39)20(16-30)17-31/h3-13,38H,2,14-15H2,1H3,(H,33,39)/b13-12+,36-35+. The van der Waals surface area contributed by atoms with Gasteiger partial charge in [-0.1, -0.05) is 41.7 Å².